The van der Waals surface area contributed by atoms with E-state index in [1.165, 1.54) is 42.1 Å². The number of hydrogen-bond acceptors (Lipinski definition) is 3. The van der Waals surface area contributed by atoms with Gasteiger partial charge in [0.2, 0.25) is 0 Å². The molecule has 5 atom stereocenters. The Hall–Kier alpha value is -0.163. The summed E-state index contributed by atoms with van der Waals surface area (Å²) in [6.45, 7) is 13.2. The number of unbranched alkanes of at least 4 members (excludes halogenated alkanes) is 1. The van der Waals surface area contributed by atoms with Gasteiger partial charge in [-0.15, -0.1) is 0 Å². The molecule has 0 amide bonds. The summed E-state index contributed by atoms with van der Waals surface area (Å²) >= 11 is 0. The van der Waals surface area contributed by atoms with Crippen molar-refractivity contribution < 1.29 is 9.47 Å². The van der Waals surface area contributed by atoms with Crippen LogP contribution in [-0.4, -0.2) is 53.8 Å². The molecule has 0 N–H and O–H groups in total. The minimum atomic E-state index is 0.257. The molecule has 140 valence electrons. The third-order valence-electron chi connectivity index (χ3n) is 5.66. The molecular weight excluding hydrogens is 314 g/mol. The van der Waals surface area contributed by atoms with E-state index >= 15 is 0 Å². The fourth-order valence-electron chi connectivity index (χ4n) is 4.49. The highest BCUT2D eigenvalue weighted by Crippen LogP contribution is 2.40. The highest BCUT2D eigenvalue weighted by atomic mass is 28.1. The predicted molar refractivity (Wildman–Crippen MR) is 106 cm³/mol. The van der Waals surface area contributed by atoms with Gasteiger partial charge in [-0.2, -0.15) is 0 Å². The SMILES string of the molecule is CCCCOCC1CN(CCC[SiH3])C(C2[C@H](C)CC(C)=C[C@@H]2C)O1. The van der Waals surface area contributed by atoms with Crippen LogP contribution in [0.4, 0.5) is 0 Å². The van der Waals surface area contributed by atoms with Crippen molar-refractivity contribution >= 4 is 10.2 Å². The first kappa shape index (κ1) is 20.2. The molecule has 2 aliphatic rings. The average molecular weight is 354 g/mol. The van der Waals surface area contributed by atoms with Gasteiger partial charge in [0, 0.05) is 35.9 Å². The molecule has 1 fully saturated rings. The van der Waals surface area contributed by atoms with Gasteiger partial charge >= 0.3 is 0 Å². The Kier molecular flexibility index (Phi) is 8.48. The van der Waals surface area contributed by atoms with E-state index in [0.29, 0.717) is 17.8 Å². The molecule has 24 heavy (non-hydrogen) atoms. The lowest BCUT2D eigenvalue weighted by Crippen LogP contribution is -2.43. The van der Waals surface area contributed by atoms with E-state index in [2.05, 4.69) is 38.7 Å². The summed E-state index contributed by atoms with van der Waals surface area (Å²) in [6, 6.07) is 1.38. The zero-order valence-corrected chi connectivity index (χ0v) is 18.6. The first-order valence-electron chi connectivity index (χ1n) is 10.2. The second-order valence-electron chi connectivity index (χ2n) is 8.06. The van der Waals surface area contributed by atoms with E-state index in [4.69, 9.17) is 9.47 Å². The largest absolute Gasteiger partial charge is 0.379 e. The van der Waals surface area contributed by atoms with Gasteiger partial charge in [-0.25, -0.2) is 0 Å². The third kappa shape index (κ3) is 5.42. The van der Waals surface area contributed by atoms with E-state index < -0.39 is 0 Å². The Bertz CT molecular complexity index is 401. The summed E-state index contributed by atoms with van der Waals surface area (Å²) in [5.74, 6) is 1.92. The van der Waals surface area contributed by atoms with Crippen LogP contribution in [0, 0.1) is 17.8 Å². The first-order chi connectivity index (χ1) is 11.6. The van der Waals surface area contributed by atoms with Crippen LogP contribution in [-0.2, 0) is 9.47 Å². The molecule has 0 radical (unpaired) electrons. The monoisotopic (exact) mass is 353 g/mol. The number of allylic oxidation sites excluding steroid dienone is 2. The van der Waals surface area contributed by atoms with Crippen LogP contribution < -0.4 is 0 Å². The molecule has 3 nitrogen and oxygen atoms in total. The van der Waals surface area contributed by atoms with Gasteiger partial charge in [0.25, 0.3) is 0 Å². The highest BCUT2D eigenvalue weighted by Gasteiger charge is 2.42. The van der Waals surface area contributed by atoms with Gasteiger partial charge in [-0.3, -0.25) is 4.90 Å². The van der Waals surface area contributed by atoms with Gasteiger partial charge in [-0.1, -0.05) is 44.9 Å². The molecule has 1 aliphatic heterocycles. The van der Waals surface area contributed by atoms with E-state index in [1.807, 2.05) is 0 Å². The molecule has 0 bridgehead atoms. The lowest BCUT2D eigenvalue weighted by molar-refractivity contribution is -0.0840. The van der Waals surface area contributed by atoms with E-state index in [0.717, 1.165) is 26.2 Å². The second kappa shape index (κ2) is 10.1. The van der Waals surface area contributed by atoms with Crippen LogP contribution >= 0.6 is 0 Å². The van der Waals surface area contributed by atoms with Gasteiger partial charge in [-0.05, 0) is 38.0 Å². The van der Waals surface area contributed by atoms with Crippen molar-refractivity contribution in [3.63, 3.8) is 0 Å². The Morgan fingerprint density at radius 2 is 2.12 bits per heavy atom. The minimum absolute atomic E-state index is 0.257. The van der Waals surface area contributed by atoms with E-state index in [1.54, 1.807) is 5.57 Å². The molecule has 0 aromatic rings. The molecule has 1 heterocycles. The molecule has 0 aromatic heterocycles. The zero-order chi connectivity index (χ0) is 17.5. The van der Waals surface area contributed by atoms with Gasteiger partial charge < -0.3 is 9.47 Å². The van der Waals surface area contributed by atoms with Crippen molar-refractivity contribution in [3.05, 3.63) is 11.6 Å². The van der Waals surface area contributed by atoms with Crippen molar-refractivity contribution in [2.24, 2.45) is 17.8 Å². The Labute approximate surface area is 152 Å². The quantitative estimate of drug-likeness (QED) is 0.361. The smallest absolute Gasteiger partial charge is 0.114 e. The maximum absolute atomic E-state index is 6.55. The molecule has 1 saturated heterocycles. The number of hydrogen-bond donors (Lipinski definition) is 0. The Morgan fingerprint density at radius 1 is 1.33 bits per heavy atom. The van der Waals surface area contributed by atoms with Gasteiger partial charge in [0.1, 0.15) is 6.23 Å². The molecule has 0 aromatic carbocycles. The summed E-state index contributed by atoms with van der Waals surface area (Å²) < 4.78 is 12.4. The number of nitrogens with zero attached hydrogens (tertiary/aromatic N) is 1. The summed E-state index contributed by atoms with van der Waals surface area (Å²) in [5.41, 5.74) is 1.55. The van der Waals surface area contributed by atoms with E-state index in [9.17, 15) is 0 Å². The molecule has 3 unspecified atom stereocenters. The van der Waals surface area contributed by atoms with Crippen LogP contribution in [0.3, 0.4) is 0 Å². The lowest BCUT2D eigenvalue weighted by Gasteiger charge is -2.40. The van der Waals surface area contributed by atoms with Crippen LogP contribution in [0.2, 0.25) is 6.04 Å². The third-order valence-corrected chi connectivity index (χ3v) is 6.37. The molecular formula is C20H39NO2Si. The maximum Gasteiger partial charge on any atom is 0.114 e. The molecule has 4 heteroatoms. The first-order valence-corrected chi connectivity index (χ1v) is 11.6. The average Bonchev–Trinajstić information content (AvgIpc) is 2.91. The lowest BCUT2D eigenvalue weighted by atomic mass is 9.74. The molecule has 0 spiro atoms. The van der Waals surface area contributed by atoms with Gasteiger partial charge in [0.05, 0.1) is 12.7 Å². The van der Waals surface area contributed by atoms with Crippen LogP contribution in [0.15, 0.2) is 11.6 Å². The summed E-state index contributed by atoms with van der Waals surface area (Å²) in [5, 5.41) is 0. The fourth-order valence-corrected chi connectivity index (χ4v) is 4.81. The molecule has 1 aliphatic carbocycles. The van der Waals surface area contributed by atoms with Crippen molar-refractivity contribution in [2.45, 2.75) is 71.8 Å². The number of rotatable bonds is 9. The summed E-state index contributed by atoms with van der Waals surface area (Å²) in [4.78, 5) is 2.62. The summed E-state index contributed by atoms with van der Waals surface area (Å²) in [7, 11) is 1.31. The van der Waals surface area contributed by atoms with Crippen LogP contribution in [0.25, 0.3) is 0 Å². The Morgan fingerprint density at radius 3 is 2.79 bits per heavy atom. The minimum Gasteiger partial charge on any atom is -0.379 e. The van der Waals surface area contributed by atoms with Crippen molar-refractivity contribution in [1.82, 2.24) is 4.90 Å². The van der Waals surface area contributed by atoms with Gasteiger partial charge in [0.15, 0.2) is 0 Å². The predicted octanol–water partition coefficient (Wildman–Crippen LogP) is 3.24. The van der Waals surface area contributed by atoms with Crippen molar-refractivity contribution in [2.75, 3.05) is 26.3 Å². The second-order valence-corrected chi connectivity index (χ2v) is 9.06. The normalized spacial score (nSPS) is 34.7. The number of ether oxygens (including phenoxy) is 2. The maximum atomic E-state index is 6.55. The molecule has 0 saturated carbocycles. The van der Waals surface area contributed by atoms with Crippen LogP contribution in [0.1, 0.15) is 53.4 Å². The summed E-state index contributed by atoms with van der Waals surface area (Å²) in [6.07, 6.45) is 7.91. The van der Waals surface area contributed by atoms with Crippen LogP contribution in [0.5, 0.6) is 0 Å². The fraction of sp³-hybridized carbons (Fsp3) is 0.900. The highest BCUT2D eigenvalue weighted by molar-refractivity contribution is 6.08. The standard InChI is InChI=1S/C20H39NO2Si/c1-5-6-9-22-14-18-13-21(8-7-10-24)20(23-18)19-16(3)11-15(2)12-17(19)4/h11,16-20H,5-10,12-14H2,1-4,24H3/t16-,17+,18?,19?,20?/m0/s1. The van der Waals surface area contributed by atoms with E-state index in [-0.39, 0.29) is 12.3 Å². The zero-order valence-electron chi connectivity index (χ0n) is 16.6. The van der Waals surface area contributed by atoms with Crippen molar-refractivity contribution in [3.8, 4) is 0 Å². The Balaban J connectivity index is 1.99. The molecule has 2 rings (SSSR count). The topological polar surface area (TPSA) is 21.7 Å². The van der Waals surface area contributed by atoms with Crippen molar-refractivity contribution in [1.29, 1.82) is 0 Å².